The maximum atomic E-state index is 13.5. The predicted octanol–water partition coefficient (Wildman–Crippen LogP) is 4.80. The SMILES string of the molecule is COc1cc(NC(=O)C(F)(F)C(F)(F)C(F)(F)F)c(Cl)cc1C(=O)NCCNC(=O)C(F)(F)C(F)(F)C(F)(F)F. The Balaban J connectivity index is 2.99. The third kappa shape index (κ3) is 6.54. The van der Waals surface area contributed by atoms with Crippen molar-refractivity contribution in [2.45, 2.75) is 36.0 Å². The molecule has 0 bridgehead atoms. The quantitative estimate of drug-likeness (QED) is 0.254. The largest absolute Gasteiger partial charge is 0.496 e. The molecule has 0 heterocycles. The second-order valence-electron chi connectivity index (χ2n) is 7.29. The summed E-state index contributed by atoms with van der Waals surface area (Å²) >= 11 is 5.63. The number of benzene rings is 1. The molecule has 0 aliphatic heterocycles. The Hall–Kier alpha value is -3.26. The first-order valence-electron chi connectivity index (χ1n) is 9.67. The van der Waals surface area contributed by atoms with Gasteiger partial charge >= 0.3 is 41.9 Å². The summed E-state index contributed by atoms with van der Waals surface area (Å²) in [4.78, 5) is 34.9. The van der Waals surface area contributed by atoms with Gasteiger partial charge in [0.05, 0.1) is 23.4 Å². The number of methoxy groups -OCH3 is 1. The molecule has 0 aliphatic rings. The van der Waals surface area contributed by atoms with Crippen molar-refractivity contribution >= 4 is 35.0 Å². The minimum Gasteiger partial charge on any atom is -0.496 e. The molecule has 0 unspecified atom stereocenters. The van der Waals surface area contributed by atoms with E-state index in [2.05, 4.69) is 4.74 Å². The molecule has 22 heteroatoms. The first-order valence-corrected chi connectivity index (χ1v) is 10.0. The third-order valence-corrected chi connectivity index (χ3v) is 4.86. The molecule has 3 N–H and O–H groups in total. The van der Waals surface area contributed by atoms with Crippen LogP contribution in [0, 0.1) is 0 Å². The van der Waals surface area contributed by atoms with Gasteiger partial charge in [-0.25, -0.2) is 0 Å². The van der Waals surface area contributed by atoms with Crippen molar-refractivity contribution in [1.29, 1.82) is 0 Å². The van der Waals surface area contributed by atoms with Gasteiger partial charge in [0.15, 0.2) is 0 Å². The fourth-order valence-corrected chi connectivity index (χ4v) is 2.61. The van der Waals surface area contributed by atoms with Crippen LogP contribution in [0.3, 0.4) is 0 Å². The molecule has 1 aromatic rings. The van der Waals surface area contributed by atoms with E-state index in [1.165, 1.54) is 0 Å². The van der Waals surface area contributed by atoms with Crippen LogP contribution in [0.25, 0.3) is 0 Å². The van der Waals surface area contributed by atoms with Crippen molar-refractivity contribution in [2.75, 3.05) is 25.5 Å². The van der Waals surface area contributed by atoms with E-state index in [1.807, 2.05) is 5.32 Å². The molecule has 0 saturated carbocycles. The van der Waals surface area contributed by atoms with Crippen molar-refractivity contribution in [2.24, 2.45) is 0 Å². The van der Waals surface area contributed by atoms with Crippen LogP contribution < -0.4 is 20.7 Å². The second kappa shape index (κ2) is 11.3. The zero-order chi connectivity index (χ0) is 31.7. The Morgan fingerprint density at radius 1 is 0.725 bits per heavy atom. The highest BCUT2D eigenvalue weighted by atomic mass is 35.5. The predicted molar refractivity (Wildman–Crippen MR) is 104 cm³/mol. The van der Waals surface area contributed by atoms with Crippen LogP contribution in [-0.2, 0) is 9.59 Å². The van der Waals surface area contributed by atoms with Gasteiger partial charge in [0, 0.05) is 19.2 Å². The monoisotopic (exact) mass is 635 g/mol. The normalized spacial score (nSPS) is 13.5. The molecule has 7 nitrogen and oxygen atoms in total. The lowest BCUT2D eigenvalue weighted by atomic mass is 10.1. The van der Waals surface area contributed by atoms with E-state index in [4.69, 9.17) is 11.6 Å². The van der Waals surface area contributed by atoms with E-state index in [9.17, 15) is 75.8 Å². The van der Waals surface area contributed by atoms with Gasteiger partial charge in [-0.05, 0) is 6.07 Å². The van der Waals surface area contributed by atoms with Crippen molar-refractivity contribution in [3.05, 3.63) is 22.7 Å². The number of hydrogen-bond donors (Lipinski definition) is 3. The summed E-state index contributed by atoms with van der Waals surface area (Å²) in [7, 11) is 0.793. The van der Waals surface area contributed by atoms with Crippen LogP contribution in [0.2, 0.25) is 5.02 Å². The summed E-state index contributed by atoms with van der Waals surface area (Å²) in [5.74, 6) is -34.4. The number of halogens is 15. The number of rotatable bonds is 10. The summed E-state index contributed by atoms with van der Waals surface area (Å²) in [6.45, 7) is -2.07. The molecule has 40 heavy (non-hydrogen) atoms. The first-order chi connectivity index (χ1) is 17.8. The zero-order valence-electron chi connectivity index (χ0n) is 18.9. The molecule has 0 fully saturated rings. The molecule has 0 aliphatic carbocycles. The molecule has 0 atom stereocenters. The van der Waals surface area contributed by atoms with Crippen LogP contribution in [0.15, 0.2) is 12.1 Å². The Morgan fingerprint density at radius 3 is 1.57 bits per heavy atom. The summed E-state index contributed by atoms with van der Waals surface area (Å²) < 4.78 is 183. The number of amides is 3. The summed E-state index contributed by atoms with van der Waals surface area (Å²) in [6, 6.07) is 0.903. The maximum absolute atomic E-state index is 13.5. The molecule has 0 aromatic heterocycles. The first kappa shape index (κ1) is 34.8. The zero-order valence-corrected chi connectivity index (χ0v) is 19.6. The van der Waals surface area contributed by atoms with Crippen molar-refractivity contribution < 1.29 is 80.6 Å². The van der Waals surface area contributed by atoms with E-state index in [1.54, 1.807) is 0 Å². The summed E-state index contributed by atoms with van der Waals surface area (Å²) in [5.41, 5.74) is -1.75. The molecule has 0 saturated heterocycles. The van der Waals surface area contributed by atoms with Gasteiger partial charge < -0.3 is 20.7 Å². The second-order valence-corrected chi connectivity index (χ2v) is 7.70. The minimum atomic E-state index is -6.84. The number of alkyl halides is 14. The van der Waals surface area contributed by atoms with Gasteiger partial charge in [0.25, 0.3) is 11.8 Å². The van der Waals surface area contributed by atoms with Gasteiger partial charge in [-0.1, -0.05) is 11.6 Å². The van der Waals surface area contributed by atoms with Gasteiger partial charge in [-0.3, -0.25) is 14.4 Å². The van der Waals surface area contributed by atoms with Crippen molar-refractivity contribution in [3.63, 3.8) is 0 Å². The number of carbonyl (C=O) groups excluding carboxylic acids is 3. The molecule has 0 spiro atoms. The van der Waals surface area contributed by atoms with Gasteiger partial charge in [-0.15, -0.1) is 0 Å². The maximum Gasteiger partial charge on any atom is 0.460 e. The van der Waals surface area contributed by atoms with E-state index in [-0.39, 0.29) is 0 Å². The third-order valence-electron chi connectivity index (χ3n) is 4.55. The van der Waals surface area contributed by atoms with Crippen LogP contribution in [-0.4, -0.2) is 74.0 Å². The van der Waals surface area contributed by atoms with Gasteiger partial charge in [0.1, 0.15) is 5.75 Å². The molecular formula is C18H12ClF14N3O4. The Morgan fingerprint density at radius 2 is 1.15 bits per heavy atom. The lowest BCUT2D eigenvalue weighted by Gasteiger charge is -2.27. The average Bonchev–Trinajstić information content (AvgIpc) is 2.80. The lowest BCUT2D eigenvalue weighted by Crippen LogP contribution is -2.59. The summed E-state index contributed by atoms with van der Waals surface area (Å²) in [5, 5.41) is 2.91. The minimum absolute atomic E-state index is 0.415. The smallest absolute Gasteiger partial charge is 0.460 e. The van der Waals surface area contributed by atoms with Crippen LogP contribution in [0.5, 0.6) is 5.75 Å². The van der Waals surface area contributed by atoms with Crippen LogP contribution >= 0.6 is 11.6 Å². The summed E-state index contributed by atoms with van der Waals surface area (Å²) in [6.07, 6.45) is -13.6. The fourth-order valence-electron chi connectivity index (χ4n) is 2.40. The Kier molecular flexibility index (Phi) is 9.84. The molecule has 1 aromatic carbocycles. The van der Waals surface area contributed by atoms with E-state index in [0.717, 1.165) is 17.7 Å². The number of ether oxygens (including phenoxy) is 1. The van der Waals surface area contributed by atoms with Crippen LogP contribution in [0.1, 0.15) is 10.4 Å². The van der Waals surface area contributed by atoms with Gasteiger partial charge in [-0.2, -0.15) is 61.5 Å². The van der Waals surface area contributed by atoms with E-state index >= 15 is 0 Å². The molecule has 228 valence electrons. The van der Waals surface area contributed by atoms with Crippen molar-refractivity contribution in [3.8, 4) is 5.75 Å². The standard InChI is InChI=1S/C18H12ClF14N3O4/c1-40-9-5-8(36-12(39)14(22,23)16(26,27)18(31,32)33)7(19)4-6(9)10(37)34-2-3-35-11(38)13(20,21)15(24,25)17(28,29)30/h4-5H,2-3H2,1H3,(H,34,37)(H,35,38)(H,36,39). The Labute approximate surface area is 217 Å². The number of hydrogen-bond acceptors (Lipinski definition) is 4. The number of anilines is 1. The number of carbonyl (C=O) groups is 3. The Bertz CT molecular complexity index is 1140. The van der Waals surface area contributed by atoms with E-state index < -0.39 is 88.9 Å². The van der Waals surface area contributed by atoms with Gasteiger partial charge in [0.2, 0.25) is 0 Å². The highest BCUT2D eigenvalue weighted by Gasteiger charge is 2.77. The van der Waals surface area contributed by atoms with Crippen molar-refractivity contribution in [1.82, 2.24) is 10.6 Å². The molecule has 0 radical (unpaired) electrons. The molecular weight excluding hydrogens is 624 g/mol. The highest BCUT2D eigenvalue weighted by molar-refractivity contribution is 6.34. The topological polar surface area (TPSA) is 96.5 Å². The highest BCUT2D eigenvalue weighted by Crippen LogP contribution is 2.48. The van der Waals surface area contributed by atoms with Crippen LogP contribution in [0.4, 0.5) is 67.2 Å². The number of nitrogens with one attached hydrogen (secondary N) is 3. The lowest BCUT2D eigenvalue weighted by molar-refractivity contribution is -0.344. The average molecular weight is 636 g/mol. The molecule has 3 amide bonds. The molecule has 1 rings (SSSR count). The van der Waals surface area contributed by atoms with E-state index in [0.29, 0.717) is 12.1 Å². The fraction of sp³-hybridized carbons (Fsp3) is 0.500.